The van der Waals surface area contributed by atoms with Gasteiger partial charge in [0, 0.05) is 12.8 Å². The second-order valence-corrected chi connectivity index (χ2v) is 5.62. The van der Waals surface area contributed by atoms with Crippen molar-refractivity contribution in [3.63, 3.8) is 0 Å². The molecule has 1 heterocycles. The molecular formula is C18H24N2O5. The van der Waals surface area contributed by atoms with Gasteiger partial charge in [-0.15, -0.1) is 0 Å². The molecule has 2 rings (SSSR count). The van der Waals surface area contributed by atoms with Crippen molar-refractivity contribution in [3.05, 3.63) is 41.1 Å². The Morgan fingerprint density at radius 1 is 1.16 bits per heavy atom. The Labute approximate surface area is 147 Å². The molecule has 2 N–H and O–H groups in total. The third-order valence-electron chi connectivity index (χ3n) is 3.70. The van der Waals surface area contributed by atoms with Gasteiger partial charge in [-0.3, -0.25) is 0 Å². The van der Waals surface area contributed by atoms with Crippen LogP contribution in [0.2, 0.25) is 0 Å². The number of carbonyl (C=O) groups excluding carboxylic acids is 2. The summed E-state index contributed by atoms with van der Waals surface area (Å²) in [5.74, 6) is 0.258. The highest BCUT2D eigenvalue weighted by Crippen LogP contribution is 2.28. The number of methoxy groups -OCH3 is 1. The molecular weight excluding hydrogens is 324 g/mol. The number of urea groups is 1. The fraction of sp³-hybridized carbons (Fsp3) is 0.444. The smallest absolute Gasteiger partial charge is 0.338 e. The molecule has 7 heteroatoms. The average Bonchev–Trinajstić information content (AvgIpc) is 2.59. The molecule has 0 fully saturated rings. The Kier molecular flexibility index (Phi) is 6.82. The lowest BCUT2D eigenvalue weighted by atomic mass is 9.95. The summed E-state index contributed by atoms with van der Waals surface area (Å²) >= 11 is 0. The molecule has 0 spiro atoms. The molecule has 0 radical (unpaired) electrons. The quantitative estimate of drug-likeness (QED) is 0.556. The monoisotopic (exact) mass is 348 g/mol. The maximum atomic E-state index is 12.4. The van der Waals surface area contributed by atoms with Crippen molar-refractivity contribution >= 4 is 12.0 Å². The zero-order valence-electron chi connectivity index (χ0n) is 14.8. The molecule has 1 atom stereocenters. The number of benzene rings is 1. The van der Waals surface area contributed by atoms with Crippen LogP contribution in [0.3, 0.4) is 0 Å². The van der Waals surface area contributed by atoms with Gasteiger partial charge in [-0.2, -0.15) is 0 Å². The predicted octanol–water partition coefficient (Wildman–Crippen LogP) is 2.29. The second kappa shape index (κ2) is 9.08. The molecule has 0 saturated heterocycles. The Bertz CT molecular complexity index is 639. The van der Waals surface area contributed by atoms with Crippen LogP contribution in [0.5, 0.6) is 5.75 Å². The van der Waals surface area contributed by atoms with E-state index in [1.807, 2.05) is 31.2 Å². The number of hydrogen-bond acceptors (Lipinski definition) is 5. The number of nitrogens with one attached hydrogen (secondary N) is 2. The minimum absolute atomic E-state index is 0.149. The van der Waals surface area contributed by atoms with E-state index >= 15 is 0 Å². The molecule has 0 aromatic heterocycles. The number of rotatable bonds is 8. The van der Waals surface area contributed by atoms with E-state index in [2.05, 4.69) is 10.6 Å². The van der Waals surface area contributed by atoms with Crippen LogP contribution < -0.4 is 15.4 Å². The van der Waals surface area contributed by atoms with Crippen LogP contribution in [0.25, 0.3) is 0 Å². The first-order chi connectivity index (χ1) is 12.1. The van der Waals surface area contributed by atoms with Gasteiger partial charge in [0.25, 0.3) is 0 Å². The Hall–Kier alpha value is -2.54. The van der Waals surface area contributed by atoms with Crippen molar-refractivity contribution in [3.8, 4) is 5.75 Å². The maximum Gasteiger partial charge on any atom is 0.338 e. The number of esters is 1. The summed E-state index contributed by atoms with van der Waals surface area (Å²) in [6, 6.07) is 6.37. The van der Waals surface area contributed by atoms with Gasteiger partial charge in [0.1, 0.15) is 12.4 Å². The zero-order valence-corrected chi connectivity index (χ0v) is 14.8. The van der Waals surface area contributed by atoms with Crippen LogP contribution in [0.4, 0.5) is 4.79 Å². The standard InChI is InChI=1S/C18H24N2O5/c1-4-9-24-14-7-5-13(6-8-14)16-15(12(2)19-18(22)20-16)17(21)25-11-10-23-3/h5-8,16H,4,9-11H2,1-3H3,(H2,19,20,22). The summed E-state index contributed by atoms with van der Waals surface area (Å²) in [6.07, 6.45) is 0.922. The first-order valence-corrected chi connectivity index (χ1v) is 8.24. The van der Waals surface area contributed by atoms with Crippen molar-refractivity contribution in [1.29, 1.82) is 0 Å². The van der Waals surface area contributed by atoms with Crippen LogP contribution in [0.15, 0.2) is 35.5 Å². The van der Waals surface area contributed by atoms with Crippen LogP contribution in [-0.4, -0.2) is 38.9 Å². The largest absolute Gasteiger partial charge is 0.494 e. The van der Waals surface area contributed by atoms with Gasteiger partial charge in [-0.25, -0.2) is 9.59 Å². The number of ether oxygens (including phenoxy) is 3. The van der Waals surface area contributed by atoms with E-state index in [0.717, 1.165) is 17.7 Å². The molecule has 136 valence electrons. The summed E-state index contributed by atoms with van der Waals surface area (Å²) in [4.78, 5) is 24.3. The first-order valence-electron chi connectivity index (χ1n) is 8.24. The molecule has 0 bridgehead atoms. The second-order valence-electron chi connectivity index (χ2n) is 5.62. The lowest BCUT2D eigenvalue weighted by Crippen LogP contribution is -2.45. The number of hydrogen-bond donors (Lipinski definition) is 2. The summed E-state index contributed by atoms with van der Waals surface area (Å²) in [6.45, 7) is 4.81. The SMILES string of the molecule is CCCOc1ccc(C2NC(=O)NC(C)=C2C(=O)OCCOC)cc1. The van der Waals surface area contributed by atoms with Crippen LogP contribution >= 0.6 is 0 Å². The van der Waals surface area contributed by atoms with E-state index in [0.29, 0.717) is 24.5 Å². The van der Waals surface area contributed by atoms with E-state index in [-0.39, 0.29) is 12.6 Å². The third kappa shape index (κ3) is 4.96. The molecule has 0 aliphatic carbocycles. The highest BCUT2D eigenvalue weighted by Gasteiger charge is 2.32. The highest BCUT2D eigenvalue weighted by molar-refractivity contribution is 5.95. The lowest BCUT2D eigenvalue weighted by Gasteiger charge is -2.28. The summed E-state index contributed by atoms with van der Waals surface area (Å²) in [7, 11) is 1.53. The van der Waals surface area contributed by atoms with Crippen molar-refractivity contribution in [1.82, 2.24) is 10.6 Å². The summed E-state index contributed by atoms with van der Waals surface area (Å²) in [5, 5.41) is 5.38. The van der Waals surface area contributed by atoms with Gasteiger partial charge in [0.05, 0.1) is 24.8 Å². The van der Waals surface area contributed by atoms with Crippen molar-refractivity contribution in [2.45, 2.75) is 26.3 Å². The number of allylic oxidation sites excluding steroid dienone is 1. The number of carbonyl (C=O) groups is 2. The van der Waals surface area contributed by atoms with Gasteiger partial charge in [-0.1, -0.05) is 19.1 Å². The van der Waals surface area contributed by atoms with Gasteiger partial charge >= 0.3 is 12.0 Å². The molecule has 1 aromatic carbocycles. The minimum Gasteiger partial charge on any atom is -0.494 e. The molecule has 0 saturated carbocycles. The van der Waals surface area contributed by atoms with Crippen molar-refractivity contribution in [2.24, 2.45) is 0 Å². The van der Waals surface area contributed by atoms with Crippen LogP contribution in [0, 0.1) is 0 Å². The molecule has 7 nitrogen and oxygen atoms in total. The number of amides is 2. The van der Waals surface area contributed by atoms with Crippen molar-refractivity contribution < 1.29 is 23.8 Å². The van der Waals surface area contributed by atoms with E-state index < -0.39 is 12.0 Å². The van der Waals surface area contributed by atoms with E-state index in [4.69, 9.17) is 14.2 Å². The average molecular weight is 348 g/mol. The molecule has 1 unspecified atom stereocenters. The van der Waals surface area contributed by atoms with Crippen molar-refractivity contribution in [2.75, 3.05) is 26.9 Å². The zero-order chi connectivity index (χ0) is 18.2. The van der Waals surface area contributed by atoms with Crippen LogP contribution in [0.1, 0.15) is 31.9 Å². The maximum absolute atomic E-state index is 12.4. The minimum atomic E-state index is -0.580. The van der Waals surface area contributed by atoms with E-state index in [1.165, 1.54) is 7.11 Å². The molecule has 1 aromatic rings. The molecule has 2 amide bonds. The van der Waals surface area contributed by atoms with Gasteiger partial charge < -0.3 is 24.8 Å². The summed E-state index contributed by atoms with van der Waals surface area (Å²) < 4.78 is 15.7. The van der Waals surface area contributed by atoms with Gasteiger partial charge in [-0.05, 0) is 31.0 Å². The Balaban J connectivity index is 2.21. The molecule has 1 aliphatic rings. The predicted molar refractivity (Wildman–Crippen MR) is 92.2 cm³/mol. The first kappa shape index (κ1) is 18.8. The summed E-state index contributed by atoms with van der Waals surface area (Å²) in [5.41, 5.74) is 1.62. The highest BCUT2D eigenvalue weighted by atomic mass is 16.6. The van der Waals surface area contributed by atoms with Gasteiger partial charge in [0.2, 0.25) is 0 Å². The fourth-order valence-corrected chi connectivity index (χ4v) is 2.49. The Morgan fingerprint density at radius 2 is 1.88 bits per heavy atom. The van der Waals surface area contributed by atoms with E-state index in [1.54, 1.807) is 6.92 Å². The van der Waals surface area contributed by atoms with Gasteiger partial charge in [0.15, 0.2) is 0 Å². The molecule has 1 aliphatic heterocycles. The molecule has 25 heavy (non-hydrogen) atoms. The normalized spacial score (nSPS) is 16.9. The third-order valence-corrected chi connectivity index (χ3v) is 3.70. The van der Waals surface area contributed by atoms with E-state index in [9.17, 15) is 9.59 Å². The van der Waals surface area contributed by atoms with Crippen LogP contribution in [-0.2, 0) is 14.3 Å². The topological polar surface area (TPSA) is 85.9 Å². The lowest BCUT2D eigenvalue weighted by molar-refractivity contribution is -0.140. The fourth-order valence-electron chi connectivity index (χ4n) is 2.49. The Morgan fingerprint density at radius 3 is 2.52 bits per heavy atom.